The zero-order valence-corrected chi connectivity index (χ0v) is 19.7. The van der Waals surface area contributed by atoms with Crippen LogP contribution in [0.3, 0.4) is 0 Å². The second-order valence-corrected chi connectivity index (χ2v) is 7.13. The average Bonchev–Trinajstić information content (AvgIpc) is 3.45. The van der Waals surface area contributed by atoms with Gasteiger partial charge in [-0.05, 0) is 42.7 Å². The molecule has 7 nitrogen and oxygen atoms in total. The fourth-order valence-corrected chi connectivity index (χ4v) is 3.22. The minimum atomic E-state index is -0.0690. The molecule has 0 bridgehead atoms. The van der Waals surface area contributed by atoms with E-state index in [1.165, 1.54) is 0 Å². The minimum Gasteiger partial charge on any atom is -0.469 e. The summed E-state index contributed by atoms with van der Waals surface area (Å²) in [7, 11) is 1.64. The van der Waals surface area contributed by atoms with Crippen LogP contribution >= 0.6 is 24.0 Å². The van der Waals surface area contributed by atoms with Crippen molar-refractivity contribution < 1.29 is 13.9 Å². The lowest BCUT2D eigenvalue weighted by Crippen LogP contribution is -2.39. The Morgan fingerprint density at radius 1 is 1.17 bits per heavy atom. The van der Waals surface area contributed by atoms with Crippen LogP contribution in [0.4, 0.5) is 0 Å². The predicted octanol–water partition coefficient (Wildman–Crippen LogP) is 2.61. The molecule has 1 saturated heterocycles. The highest BCUT2D eigenvalue weighted by Gasteiger charge is 2.15. The van der Waals surface area contributed by atoms with Gasteiger partial charge in [0.1, 0.15) is 5.76 Å². The van der Waals surface area contributed by atoms with Crippen molar-refractivity contribution in [3.05, 3.63) is 59.5 Å². The first kappa shape index (κ1) is 24.2. The zero-order chi connectivity index (χ0) is 20.3. The molecule has 0 saturated carbocycles. The van der Waals surface area contributed by atoms with Gasteiger partial charge in [0, 0.05) is 51.2 Å². The van der Waals surface area contributed by atoms with Gasteiger partial charge in [0.15, 0.2) is 5.96 Å². The number of aliphatic imine (C=N–C) groups is 1. The van der Waals surface area contributed by atoms with Crippen molar-refractivity contribution >= 4 is 35.8 Å². The Bertz CT molecular complexity index is 789. The molecule has 3 N–H and O–H groups in total. The molecule has 30 heavy (non-hydrogen) atoms. The molecule has 8 heteroatoms. The number of hydrogen-bond acceptors (Lipinski definition) is 4. The SMILES string of the molecule is CNC(=O)c1cccc(CCNC(=NCC2CCOC2)NCCc2ccco2)c1.I. The first-order chi connectivity index (χ1) is 14.2. The number of nitrogens with zero attached hydrogens (tertiary/aromatic N) is 1. The van der Waals surface area contributed by atoms with Crippen molar-refractivity contribution in [2.45, 2.75) is 19.3 Å². The summed E-state index contributed by atoms with van der Waals surface area (Å²) in [4.78, 5) is 16.5. The lowest BCUT2D eigenvalue weighted by atomic mass is 10.1. The monoisotopic (exact) mass is 526 g/mol. The molecular formula is C22H31IN4O3. The van der Waals surface area contributed by atoms with E-state index in [1.54, 1.807) is 13.3 Å². The predicted molar refractivity (Wildman–Crippen MR) is 129 cm³/mol. The van der Waals surface area contributed by atoms with Gasteiger partial charge >= 0.3 is 0 Å². The van der Waals surface area contributed by atoms with Crippen molar-refractivity contribution in [1.29, 1.82) is 0 Å². The van der Waals surface area contributed by atoms with E-state index >= 15 is 0 Å². The molecule has 164 valence electrons. The lowest BCUT2D eigenvalue weighted by molar-refractivity contribution is 0.0963. The van der Waals surface area contributed by atoms with Gasteiger partial charge in [-0.15, -0.1) is 24.0 Å². The normalized spacial score (nSPS) is 16.0. The van der Waals surface area contributed by atoms with Crippen molar-refractivity contribution in [2.75, 3.05) is 39.9 Å². The number of guanidine groups is 1. The summed E-state index contributed by atoms with van der Waals surface area (Å²) in [6.45, 7) is 3.84. The summed E-state index contributed by atoms with van der Waals surface area (Å²) < 4.78 is 10.8. The summed E-state index contributed by atoms with van der Waals surface area (Å²) in [5.74, 6) is 2.17. The van der Waals surface area contributed by atoms with E-state index < -0.39 is 0 Å². The molecule has 3 rings (SSSR count). The van der Waals surface area contributed by atoms with Crippen LogP contribution in [0, 0.1) is 5.92 Å². The van der Waals surface area contributed by atoms with Crippen molar-refractivity contribution in [1.82, 2.24) is 16.0 Å². The van der Waals surface area contributed by atoms with E-state index in [9.17, 15) is 4.79 Å². The standard InChI is InChI=1S/C22H30N4O3.HI/c1-23-21(27)19-5-2-4-17(14-19)7-10-24-22(26-15-18-9-13-28-16-18)25-11-8-20-6-3-12-29-20;/h2-6,12,14,18H,7-11,13,15-16H2,1H3,(H,23,27)(H2,24,25,26);1H. The third kappa shape index (κ3) is 7.98. The fourth-order valence-electron chi connectivity index (χ4n) is 3.22. The fraction of sp³-hybridized carbons (Fsp3) is 0.455. The quantitative estimate of drug-likeness (QED) is 0.266. The molecular weight excluding hydrogens is 495 g/mol. The molecule has 1 fully saturated rings. The second kappa shape index (κ2) is 13.3. The molecule has 1 aromatic carbocycles. The van der Waals surface area contributed by atoms with Crippen LogP contribution in [-0.4, -0.2) is 51.8 Å². The molecule has 1 aliphatic rings. The third-order valence-electron chi connectivity index (χ3n) is 4.90. The summed E-state index contributed by atoms with van der Waals surface area (Å²) in [5.41, 5.74) is 1.79. The highest BCUT2D eigenvalue weighted by molar-refractivity contribution is 14.0. The Hall–Kier alpha value is -2.07. The van der Waals surface area contributed by atoms with E-state index in [4.69, 9.17) is 14.1 Å². The van der Waals surface area contributed by atoms with Gasteiger partial charge < -0.3 is 25.1 Å². The zero-order valence-electron chi connectivity index (χ0n) is 17.4. The van der Waals surface area contributed by atoms with E-state index in [-0.39, 0.29) is 29.9 Å². The van der Waals surface area contributed by atoms with Gasteiger partial charge in [0.2, 0.25) is 0 Å². The molecule has 2 heterocycles. The van der Waals surface area contributed by atoms with Gasteiger partial charge in [-0.1, -0.05) is 12.1 Å². The molecule has 1 atom stereocenters. The Morgan fingerprint density at radius 2 is 2.00 bits per heavy atom. The number of rotatable bonds is 9. The van der Waals surface area contributed by atoms with Crippen molar-refractivity contribution in [2.24, 2.45) is 10.9 Å². The summed E-state index contributed by atoms with van der Waals surface area (Å²) >= 11 is 0. The summed E-state index contributed by atoms with van der Waals surface area (Å²) in [6, 6.07) is 11.6. The molecule has 1 unspecified atom stereocenters. The summed E-state index contributed by atoms with van der Waals surface area (Å²) in [5, 5.41) is 9.44. The molecule has 0 spiro atoms. The lowest BCUT2D eigenvalue weighted by Gasteiger charge is -2.14. The molecule has 1 aromatic heterocycles. The van der Waals surface area contributed by atoms with E-state index in [0.717, 1.165) is 69.4 Å². The van der Waals surface area contributed by atoms with Crippen molar-refractivity contribution in [3.8, 4) is 0 Å². The molecule has 1 amide bonds. The number of amides is 1. The Labute approximate surface area is 195 Å². The minimum absolute atomic E-state index is 0. The smallest absolute Gasteiger partial charge is 0.251 e. The number of carbonyl (C=O) groups excluding carboxylic acids is 1. The van der Waals surface area contributed by atoms with Gasteiger partial charge in [-0.3, -0.25) is 9.79 Å². The van der Waals surface area contributed by atoms with Gasteiger partial charge in [0.25, 0.3) is 5.91 Å². The van der Waals surface area contributed by atoms with Gasteiger partial charge in [-0.25, -0.2) is 0 Å². The van der Waals surface area contributed by atoms with Crippen LogP contribution in [0.2, 0.25) is 0 Å². The number of ether oxygens (including phenoxy) is 1. The highest BCUT2D eigenvalue weighted by atomic mass is 127. The number of nitrogens with one attached hydrogen (secondary N) is 3. The highest BCUT2D eigenvalue weighted by Crippen LogP contribution is 2.12. The van der Waals surface area contributed by atoms with Crippen molar-refractivity contribution in [3.63, 3.8) is 0 Å². The maximum absolute atomic E-state index is 11.8. The molecule has 2 aromatic rings. The maximum Gasteiger partial charge on any atom is 0.251 e. The van der Waals surface area contributed by atoms with E-state index in [1.807, 2.05) is 36.4 Å². The van der Waals surface area contributed by atoms with Crippen LogP contribution < -0.4 is 16.0 Å². The van der Waals surface area contributed by atoms with Gasteiger partial charge in [0.05, 0.1) is 12.9 Å². The van der Waals surface area contributed by atoms with Crippen LogP contribution in [-0.2, 0) is 17.6 Å². The molecule has 0 radical (unpaired) electrons. The first-order valence-electron chi connectivity index (χ1n) is 10.2. The average molecular weight is 526 g/mol. The number of carbonyl (C=O) groups is 1. The van der Waals surface area contributed by atoms with Crippen LogP contribution in [0.15, 0.2) is 52.1 Å². The third-order valence-corrected chi connectivity index (χ3v) is 4.90. The molecule has 1 aliphatic heterocycles. The topological polar surface area (TPSA) is 87.9 Å². The molecule has 0 aliphatic carbocycles. The van der Waals surface area contributed by atoms with E-state index in [0.29, 0.717) is 11.5 Å². The van der Waals surface area contributed by atoms with E-state index in [2.05, 4.69) is 16.0 Å². The number of hydrogen-bond donors (Lipinski definition) is 3. The number of halogens is 1. The maximum atomic E-state index is 11.8. The van der Waals surface area contributed by atoms with Crippen LogP contribution in [0.1, 0.15) is 28.1 Å². The largest absolute Gasteiger partial charge is 0.469 e. The van der Waals surface area contributed by atoms with Crippen LogP contribution in [0.5, 0.6) is 0 Å². The Morgan fingerprint density at radius 3 is 2.70 bits per heavy atom. The van der Waals surface area contributed by atoms with Gasteiger partial charge in [-0.2, -0.15) is 0 Å². The Balaban J connectivity index is 0.00000320. The number of benzene rings is 1. The first-order valence-corrected chi connectivity index (χ1v) is 10.2. The number of furan rings is 1. The summed E-state index contributed by atoms with van der Waals surface area (Å²) in [6.07, 6.45) is 4.36. The van der Waals surface area contributed by atoms with Crippen LogP contribution in [0.25, 0.3) is 0 Å². The Kier molecular flexibility index (Phi) is 10.7. The second-order valence-electron chi connectivity index (χ2n) is 7.13.